The summed E-state index contributed by atoms with van der Waals surface area (Å²) < 4.78 is 29.9. The van der Waals surface area contributed by atoms with Crippen molar-refractivity contribution in [3.05, 3.63) is 89.1 Å². The molecule has 0 spiro atoms. The van der Waals surface area contributed by atoms with Gasteiger partial charge in [-0.2, -0.15) is 0 Å². The molecule has 3 aromatic rings. The Balaban J connectivity index is 1.54. The highest BCUT2D eigenvalue weighted by atomic mass is 19.1. The van der Waals surface area contributed by atoms with Crippen molar-refractivity contribution in [3.8, 4) is 5.75 Å². The second-order valence-corrected chi connectivity index (χ2v) is 9.30. The second kappa shape index (κ2) is 13.2. The lowest BCUT2D eigenvalue weighted by Gasteiger charge is -2.31. The average molecular weight is 524 g/mol. The number of hydrogen-bond acceptors (Lipinski definition) is 6. The van der Waals surface area contributed by atoms with Crippen molar-refractivity contribution >= 4 is 11.8 Å². The molecule has 2 aromatic carbocycles. The molecule has 1 aliphatic heterocycles. The Morgan fingerprint density at radius 3 is 2.45 bits per heavy atom. The van der Waals surface area contributed by atoms with Crippen LogP contribution < -0.4 is 4.74 Å². The molecule has 1 fully saturated rings. The zero-order valence-corrected chi connectivity index (χ0v) is 21.9. The minimum absolute atomic E-state index is 0.110. The molecular weight excluding hydrogens is 489 g/mol. The molecule has 2 heterocycles. The number of carbonyl (C=O) groups excluding carboxylic acids is 2. The quantitative estimate of drug-likeness (QED) is 0.381. The normalized spacial score (nSPS) is 13.8. The molecule has 0 bridgehead atoms. The Morgan fingerprint density at radius 1 is 1.00 bits per heavy atom. The van der Waals surface area contributed by atoms with Gasteiger partial charge in [0.25, 0.3) is 5.91 Å². The van der Waals surface area contributed by atoms with E-state index >= 15 is 0 Å². The average Bonchev–Trinajstić information content (AvgIpc) is 3.36. The van der Waals surface area contributed by atoms with Crippen molar-refractivity contribution in [2.45, 2.75) is 20.0 Å². The fourth-order valence-corrected chi connectivity index (χ4v) is 4.34. The molecule has 38 heavy (non-hydrogen) atoms. The van der Waals surface area contributed by atoms with Crippen LogP contribution in [0.5, 0.6) is 5.75 Å². The van der Waals surface area contributed by atoms with Crippen molar-refractivity contribution in [2.75, 3.05) is 53.0 Å². The molecule has 1 aliphatic rings. The van der Waals surface area contributed by atoms with Gasteiger partial charge < -0.3 is 23.7 Å². The summed E-state index contributed by atoms with van der Waals surface area (Å²) in [6.45, 7) is 6.09. The second-order valence-electron chi connectivity index (χ2n) is 9.30. The maximum Gasteiger partial charge on any atom is 0.254 e. The lowest BCUT2D eigenvalue weighted by atomic mass is 10.1. The number of ether oxygens (including phenoxy) is 2. The number of aryl methyl sites for hydroxylation is 1. The van der Waals surface area contributed by atoms with Crippen molar-refractivity contribution in [3.63, 3.8) is 0 Å². The monoisotopic (exact) mass is 523 g/mol. The minimum Gasteiger partial charge on any atom is -0.497 e. The molecule has 9 heteroatoms. The van der Waals surface area contributed by atoms with Gasteiger partial charge in [-0.15, -0.1) is 0 Å². The number of morpholine rings is 1. The molecular formula is C29H34FN3O5. The maximum absolute atomic E-state index is 13.7. The molecule has 0 N–H and O–H groups in total. The predicted molar refractivity (Wildman–Crippen MR) is 140 cm³/mol. The van der Waals surface area contributed by atoms with Crippen LogP contribution in [0.1, 0.15) is 27.4 Å². The SMILES string of the molecule is COc1cccc(C(=O)N(CCN2CCOCC2)CC(=O)N(Cc2ccc(F)cc2)Cc2ccc(C)o2)c1. The first-order chi connectivity index (χ1) is 18.4. The van der Waals surface area contributed by atoms with Crippen LogP contribution >= 0.6 is 0 Å². The topological polar surface area (TPSA) is 75.5 Å². The van der Waals surface area contributed by atoms with Crippen molar-refractivity contribution in [1.82, 2.24) is 14.7 Å². The molecule has 1 saturated heterocycles. The van der Waals surface area contributed by atoms with E-state index in [1.54, 1.807) is 53.3 Å². The Kier molecular flexibility index (Phi) is 9.51. The van der Waals surface area contributed by atoms with Gasteiger partial charge in [-0.05, 0) is 55.0 Å². The molecule has 0 saturated carbocycles. The van der Waals surface area contributed by atoms with E-state index in [4.69, 9.17) is 13.9 Å². The van der Waals surface area contributed by atoms with E-state index in [9.17, 15) is 14.0 Å². The van der Waals surface area contributed by atoms with Crippen LogP contribution in [0, 0.1) is 12.7 Å². The van der Waals surface area contributed by atoms with E-state index < -0.39 is 0 Å². The zero-order valence-electron chi connectivity index (χ0n) is 21.9. The van der Waals surface area contributed by atoms with Gasteiger partial charge in [0, 0.05) is 38.3 Å². The smallest absolute Gasteiger partial charge is 0.254 e. The number of amides is 2. The molecule has 0 radical (unpaired) electrons. The number of methoxy groups -OCH3 is 1. The molecule has 0 atom stereocenters. The molecule has 202 valence electrons. The van der Waals surface area contributed by atoms with Gasteiger partial charge in [0.1, 0.15) is 29.6 Å². The number of nitrogens with zero attached hydrogens (tertiary/aromatic N) is 3. The molecule has 1 aromatic heterocycles. The Hall–Kier alpha value is -3.69. The van der Waals surface area contributed by atoms with Gasteiger partial charge in [0.2, 0.25) is 5.91 Å². The third kappa shape index (κ3) is 7.66. The largest absolute Gasteiger partial charge is 0.497 e. The summed E-state index contributed by atoms with van der Waals surface area (Å²) in [4.78, 5) is 32.7. The van der Waals surface area contributed by atoms with E-state index in [0.29, 0.717) is 43.4 Å². The number of rotatable bonds is 11. The number of carbonyl (C=O) groups is 2. The lowest BCUT2D eigenvalue weighted by Crippen LogP contribution is -2.47. The third-order valence-electron chi connectivity index (χ3n) is 6.50. The summed E-state index contributed by atoms with van der Waals surface area (Å²) in [5, 5.41) is 0. The number of benzene rings is 2. The Labute approximate surface area is 222 Å². The first kappa shape index (κ1) is 27.3. The molecule has 0 aliphatic carbocycles. The maximum atomic E-state index is 13.7. The van der Waals surface area contributed by atoms with Gasteiger partial charge in [-0.25, -0.2) is 4.39 Å². The van der Waals surface area contributed by atoms with Crippen LogP contribution in [-0.4, -0.2) is 79.6 Å². The van der Waals surface area contributed by atoms with Crippen molar-refractivity contribution < 1.29 is 27.9 Å². The van der Waals surface area contributed by atoms with Crippen LogP contribution in [0.25, 0.3) is 0 Å². The van der Waals surface area contributed by atoms with Crippen molar-refractivity contribution in [1.29, 1.82) is 0 Å². The van der Waals surface area contributed by atoms with Crippen LogP contribution in [0.4, 0.5) is 4.39 Å². The van der Waals surface area contributed by atoms with E-state index in [1.165, 1.54) is 12.1 Å². The van der Waals surface area contributed by atoms with Crippen molar-refractivity contribution in [2.24, 2.45) is 0 Å². The highest BCUT2D eigenvalue weighted by Gasteiger charge is 2.25. The fourth-order valence-electron chi connectivity index (χ4n) is 4.34. The summed E-state index contributed by atoms with van der Waals surface area (Å²) in [5.74, 6) is 1.13. The van der Waals surface area contributed by atoms with Gasteiger partial charge in [-0.3, -0.25) is 14.5 Å². The summed E-state index contributed by atoms with van der Waals surface area (Å²) in [5.41, 5.74) is 1.23. The number of hydrogen-bond donors (Lipinski definition) is 0. The zero-order chi connectivity index (χ0) is 26.9. The highest BCUT2D eigenvalue weighted by molar-refractivity contribution is 5.96. The molecule has 2 amide bonds. The summed E-state index contributed by atoms with van der Waals surface area (Å²) in [6.07, 6.45) is 0. The summed E-state index contributed by atoms with van der Waals surface area (Å²) in [6, 6.07) is 16.7. The van der Waals surface area contributed by atoms with Gasteiger partial charge in [0.15, 0.2) is 0 Å². The lowest BCUT2D eigenvalue weighted by molar-refractivity contribution is -0.133. The molecule has 8 nitrogen and oxygen atoms in total. The highest BCUT2D eigenvalue weighted by Crippen LogP contribution is 2.17. The first-order valence-corrected chi connectivity index (χ1v) is 12.7. The van der Waals surface area contributed by atoms with E-state index in [1.807, 2.05) is 19.1 Å². The molecule has 0 unspecified atom stereocenters. The number of halogens is 1. The van der Waals surface area contributed by atoms with Gasteiger partial charge >= 0.3 is 0 Å². The third-order valence-corrected chi connectivity index (χ3v) is 6.50. The summed E-state index contributed by atoms with van der Waals surface area (Å²) in [7, 11) is 1.55. The van der Waals surface area contributed by atoms with Crippen LogP contribution in [0.15, 0.2) is 65.1 Å². The minimum atomic E-state index is -0.341. The van der Waals surface area contributed by atoms with Crippen LogP contribution in [0.2, 0.25) is 0 Å². The Bertz CT molecular complexity index is 1210. The Morgan fingerprint density at radius 2 is 1.76 bits per heavy atom. The number of furan rings is 1. The van der Waals surface area contributed by atoms with Gasteiger partial charge in [0.05, 0.1) is 26.9 Å². The fraction of sp³-hybridized carbons (Fsp3) is 0.379. The predicted octanol–water partition coefficient (Wildman–Crippen LogP) is 3.74. The van der Waals surface area contributed by atoms with Crippen LogP contribution in [0.3, 0.4) is 0 Å². The molecule has 4 rings (SSSR count). The van der Waals surface area contributed by atoms with E-state index in [2.05, 4.69) is 4.90 Å². The van der Waals surface area contributed by atoms with Gasteiger partial charge in [-0.1, -0.05) is 18.2 Å². The van der Waals surface area contributed by atoms with Crippen LogP contribution in [-0.2, 0) is 22.6 Å². The standard InChI is InChI=1S/C29H34FN3O5/c1-22-6-11-27(38-22)20-33(19-23-7-9-25(30)10-8-23)28(34)21-32(13-12-31-14-16-37-17-15-31)29(35)24-4-3-5-26(18-24)36-2/h3-11,18H,12-17,19-21H2,1-2H3. The van der Waals surface area contributed by atoms with E-state index in [0.717, 1.165) is 24.4 Å². The summed E-state index contributed by atoms with van der Waals surface area (Å²) >= 11 is 0. The van der Waals surface area contributed by atoms with E-state index in [-0.39, 0.29) is 37.3 Å². The first-order valence-electron chi connectivity index (χ1n) is 12.7.